The lowest BCUT2D eigenvalue weighted by Crippen LogP contribution is -2.36. The Bertz CT molecular complexity index is 500. The number of hydrogen-bond acceptors (Lipinski definition) is 4. The number of para-hydroxylation sites is 1. The van der Waals surface area contributed by atoms with E-state index in [1.165, 1.54) is 0 Å². The van der Waals surface area contributed by atoms with Gasteiger partial charge in [-0.1, -0.05) is 36.6 Å². The van der Waals surface area contributed by atoms with E-state index in [4.69, 9.17) is 21.1 Å². The van der Waals surface area contributed by atoms with Crippen molar-refractivity contribution in [3.8, 4) is 5.75 Å². The van der Waals surface area contributed by atoms with Crippen LogP contribution in [0.25, 0.3) is 0 Å². The fraction of sp³-hybridized carbons (Fsp3) is 0.467. The van der Waals surface area contributed by atoms with Crippen LogP contribution in [0, 0.1) is 0 Å². The molecular formula is C15H18ClNO4. The molecule has 1 N–H and O–H groups in total. The second-order valence-corrected chi connectivity index (χ2v) is 5.34. The SMILES string of the molecule is O=C(COC(=O)COc1ccccc1Cl)NC1CCCC1. The number of ether oxygens (including phenoxy) is 2. The van der Waals surface area contributed by atoms with E-state index in [-0.39, 0.29) is 25.2 Å². The lowest BCUT2D eigenvalue weighted by atomic mass is 10.2. The molecule has 2 rings (SSSR count). The topological polar surface area (TPSA) is 64.6 Å². The average molecular weight is 312 g/mol. The average Bonchev–Trinajstić information content (AvgIpc) is 2.97. The lowest BCUT2D eigenvalue weighted by molar-refractivity contribution is -0.150. The van der Waals surface area contributed by atoms with Crippen molar-refractivity contribution in [2.75, 3.05) is 13.2 Å². The Balaban J connectivity index is 1.65. The molecule has 0 unspecified atom stereocenters. The molecule has 0 aliphatic heterocycles. The van der Waals surface area contributed by atoms with Crippen molar-refractivity contribution in [2.45, 2.75) is 31.7 Å². The third-order valence-electron chi connectivity index (χ3n) is 3.27. The zero-order valence-electron chi connectivity index (χ0n) is 11.6. The van der Waals surface area contributed by atoms with Crippen LogP contribution >= 0.6 is 11.6 Å². The number of benzene rings is 1. The van der Waals surface area contributed by atoms with Gasteiger partial charge in [0.1, 0.15) is 5.75 Å². The smallest absolute Gasteiger partial charge is 0.344 e. The Morgan fingerprint density at radius 3 is 2.62 bits per heavy atom. The van der Waals surface area contributed by atoms with Crippen LogP contribution in [-0.4, -0.2) is 31.1 Å². The number of rotatable bonds is 6. The molecule has 6 heteroatoms. The molecule has 0 aromatic heterocycles. The van der Waals surface area contributed by atoms with Crippen molar-refractivity contribution in [1.29, 1.82) is 0 Å². The number of carbonyl (C=O) groups is 2. The number of nitrogens with one attached hydrogen (secondary N) is 1. The van der Waals surface area contributed by atoms with Crippen LogP contribution in [0.4, 0.5) is 0 Å². The Labute approximate surface area is 128 Å². The van der Waals surface area contributed by atoms with E-state index >= 15 is 0 Å². The third kappa shape index (κ3) is 5.27. The van der Waals surface area contributed by atoms with Gasteiger partial charge in [0, 0.05) is 6.04 Å². The first-order chi connectivity index (χ1) is 10.1. The zero-order chi connectivity index (χ0) is 15.1. The molecule has 1 aromatic rings. The van der Waals surface area contributed by atoms with Crippen LogP contribution in [-0.2, 0) is 14.3 Å². The molecule has 5 nitrogen and oxygen atoms in total. The summed E-state index contributed by atoms with van der Waals surface area (Å²) in [5.41, 5.74) is 0. The molecular weight excluding hydrogens is 294 g/mol. The molecule has 0 atom stereocenters. The van der Waals surface area contributed by atoms with Gasteiger partial charge in [-0.05, 0) is 25.0 Å². The summed E-state index contributed by atoms with van der Waals surface area (Å²) in [5.74, 6) is -0.462. The first-order valence-corrected chi connectivity index (χ1v) is 7.35. The quantitative estimate of drug-likeness (QED) is 0.819. The summed E-state index contributed by atoms with van der Waals surface area (Å²) in [4.78, 5) is 23.1. The van der Waals surface area contributed by atoms with Gasteiger partial charge >= 0.3 is 5.97 Å². The Kier molecular flexibility index (Phi) is 5.87. The monoisotopic (exact) mass is 311 g/mol. The predicted molar refractivity (Wildman–Crippen MR) is 78.3 cm³/mol. The highest BCUT2D eigenvalue weighted by molar-refractivity contribution is 6.32. The molecule has 1 fully saturated rings. The Morgan fingerprint density at radius 1 is 1.19 bits per heavy atom. The number of amides is 1. The van der Waals surface area contributed by atoms with Gasteiger partial charge in [-0.3, -0.25) is 4.79 Å². The van der Waals surface area contributed by atoms with Gasteiger partial charge in [-0.15, -0.1) is 0 Å². The number of esters is 1. The second kappa shape index (κ2) is 7.88. The Morgan fingerprint density at radius 2 is 1.90 bits per heavy atom. The summed E-state index contributed by atoms with van der Waals surface area (Å²) in [6, 6.07) is 7.05. The summed E-state index contributed by atoms with van der Waals surface area (Å²) in [7, 11) is 0. The fourth-order valence-electron chi connectivity index (χ4n) is 2.23. The zero-order valence-corrected chi connectivity index (χ0v) is 12.4. The maximum atomic E-state index is 11.6. The van der Waals surface area contributed by atoms with E-state index in [9.17, 15) is 9.59 Å². The highest BCUT2D eigenvalue weighted by atomic mass is 35.5. The minimum atomic E-state index is -0.600. The van der Waals surface area contributed by atoms with Crippen molar-refractivity contribution in [3.05, 3.63) is 29.3 Å². The van der Waals surface area contributed by atoms with Crippen molar-refractivity contribution < 1.29 is 19.1 Å². The predicted octanol–water partition coefficient (Wildman–Crippen LogP) is 2.32. The van der Waals surface area contributed by atoms with Gasteiger partial charge in [0.15, 0.2) is 13.2 Å². The van der Waals surface area contributed by atoms with Crippen LogP contribution < -0.4 is 10.1 Å². The highest BCUT2D eigenvalue weighted by Gasteiger charge is 2.18. The minimum absolute atomic E-state index is 0.218. The van der Waals surface area contributed by atoms with Gasteiger partial charge in [-0.25, -0.2) is 4.79 Å². The van der Waals surface area contributed by atoms with E-state index in [0.29, 0.717) is 10.8 Å². The Hall–Kier alpha value is -1.75. The number of halogens is 1. The van der Waals surface area contributed by atoms with Crippen molar-refractivity contribution in [3.63, 3.8) is 0 Å². The fourth-order valence-corrected chi connectivity index (χ4v) is 2.42. The molecule has 0 bridgehead atoms. The molecule has 1 aromatic carbocycles. The van der Waals surface area contributed by atoms with Crippen LogP contribution in [0.3, 0.4) is 0 Å². The molecule has 0 radical (unpaired) electrons. The number of hydrogen-bond donors (Lipinski definition) is 1. The largest absolute Gasteiger partial charge is 0.480 e. The molecule has 21 heavy (non-hydrogen) atoms. The highest BCUT2D eigenvalue weighted by Crippen LogP contribution is 2.22. The van der Waals surface area contributed by atoms with Crippen LogP contribution in [0.2, 0.25) is 5.02 Å². The van der Waals surface area contributed by atoms with Crippen LogP contribution in [0.5, 0.6) is 5.75 Å². The summed E-state index contributed by atoms with van der Waals surface area (Å²) in [6.07, 6.45) is 4.26. The van der Waals surface area contributed by atoms with Crippen LogP contribution in [0.15, 0.2) is 24.3 Å². The molecule has 1 saturated carbocycles. The van der Waals surface area contributed by atoms with Gasteiger partial charge in [0.05, 0.1) is 5.02 Å². The summed E-state index contributed by atoms with van der Waals surface area (Å²) >= 11 is 5.89. The number of carbonyl (C=O) groups excluding carboxylic acids is 2. The summed E-state index contributed by atoms with van der Waals surface area (Å²) in [5, 5.41) is 3.26. The second-order valence-electron chi connectivity index (χ2n) is 4.93. The van der Waals surface area contributed by atoms with Crippen molar-refractivity contribution >= 4 is 23.5 Å². The van der Waals surface area contributed by atoms with Gasteiger partial charge in [0.2, 0.25) is 0 Å². The molecule has 0 heterocycles. The maximum Gasteiger partial charge on any atom is 0.344 e. The lowest BCUT2D eigenvalue weighted by Gasteiger charge is -2.12. The van der Waals surface area contributed by atoms with Crippen molar-refractivity contribution in [2.24, 2.45) is 0 Å². The van der Waals surface area contributed by atoms with E-state index in [0.717, 1.165) is 25.7 Å². The van der Waals surface area contributed by atoms with Gasteiger partial charge < -0.3 is 14.8 Å². The molecule has 0 spiro atoms. The minimum Gasteiger partial charge on any atom is -0.480 e. The van der Waals surface area contributed by atoms with Crippen LogP contribution in [0.1, 0.15) is 25.7 Å². The van der Waals surface area contributed by atoms with E-state index < -0.39 is 5.97 Å². The molecule has 0 saturated heterocycles. The van der Waals surface area contributed by atoms with Gasteiger partial charge in [0.25, 0.3) is 5.91 Å². The van der Waals surface area contributed by atoms with E-state index in [1.54, 1.807) is 24.3 Å². The van der Waals surface area contributed by atoms with E-state index in [2.05, 4.69) is 5.32 Å². The van der Waals surface area contributed by atoms with E-state index in [1.807, 2.05) is 0 Å². The van der Waals surface area contributed by atoms with Crippen molar-refractivity contribution in [1.82, 2.24) is 5.32 Å². The normalized spacial score (nSPS) is 14.7. The summed E-state index contributed by atoms with van der Waals surface area (Å²) in [6.45, 7) is -0.554. The maximum absolute atomic E-state index is 11.6. The molecule has 1 amide bonds. The third-order valence-corrected chi connectivity index (χ3v) is 3.58. The molecule has 1 aliphatic rings. The molecule has 1 aliphatic carbocycles. The first kappa shape index (κ1) is 15.6. The standard InChI is InChI=1S/C15H18ClNO4/c16-12-7-3-4-8-13(12)20-10-15(19)21-9-14(18)17-11-5-1-2-6-11/h3-4,7-8,11H,1-2,5-6,9-10H2,(H,17,18). The van der Waals surface area contributed by atoms with Gasteiger partial charge in [-0.2, -0.15) is 0 Å². The first-order valence-electron chi connectivity index (χ1n) is 6.97. The molecule has 114 valence electrons. The summed E-state index contributed by atoms with van der Waals surface area (Å²) < 4.78 is 10.1.